The molecule has 3 rings (SSSR count). The Morgan fingerprint density at radius 1 is 1.12 bits per heavy atom. The Hall–Kier alpha value is -3.07. The van der Waals surface area contributed by atoms with Crippen molar-refractivity contribution in [2.24, 2.45) is 11.3 Å². The van der Waals surface area contributed by atoms with Gasteiger partial charge in [-0.15, -0.1) is 0 Å². The summed E-state index contributed by atoms with van der Waals surface area (Å²) in [6, 6.07) is 8.88. The highest BCUT2D eigenvalue weighted by atomic mass is 16.2. The second-order valence-electron chi connectivity index (χ2n) is 8.98. The fourth-order valence-corrected chi connectivity index (χ4v) is 4.82. The van der Waals surface area contributed by atoms with Gasteiger partial charge in [-0.05, 0) is 49.2 Å². The molecule has 1 amide bonds. The molecular formula is C26H31N3O3. The Balaban J connectivity index is 1.68. The molecule has 0 atom stereocenters. The van der Waals surface area contributed by atoms with Crippen molar-refractivity contribution in [3.05, 3.63) is 47.5 Å². The standard InChI is InChI=1S/C26H31N3O3/c1-18(9-8-16-27)22(30)25(32)29-17-19-10-6-7-13-21(19)23(31)24(28)26(14-15-26)20-11-4-2-3-5-12-20/h6-7,10,13,20,28H,1-5,8-9,11-12,14-15,17H2,(H,29,32). The van der Waals surface area contributed by atoms with E-state index in [0.29, 0.717) is 17.0 Å². The number of carbonyl (C=O) groups excluding carboxylic acids is 3. The summed E-state index contributed by atoms with van der Waals surface area (Å²) in [7, 11) is 0. The minimum atomic E-state index is -0.803. The molecular weight excluding hydrogens is 402 g/mol. The summed E-state index contributed by atoms with van der Waals surface area (Å²) in [6.07, 6.45) is 9.07. The molecule has 2 aliphatic carbocycles. The lowest BCUT2D eigenvalue weighted by molar-refractivity contribution is -0.135. The van der Waals surface area contributed by atoms with Crippen LogP contribution in [0, 0.1) is 28.1 Å². The van der Waals surface area contributed by atoms with Crippen molar-refractivity contribution in [2.45, 2.75) is 70.8 Å². The summed E-state index contributed by atoms with van der Waals surface area (Å²) in [4.78, 5) is 37.7. The lowest BCUT2D eigenvalue weighted by atomic mass is 9.77. The predicted octanol–water partition coefficient (Wildman–Crippen LogP) is 4.68. The third-order valence-electron chi connectivity index (χ3n) is 6.92. The van der Waals surface area contributed by atoms with E-state index < -0.39 is 11.7 Å². The molecule has 2 saturated carbocycles. The topological polar surface area (TPSA) is 111 Å². The van der Waals surface area contributed by atoms with Gasteiger partial charge in [0, 0.05) is 23.9 Å². The van der Waals surface area contributed by atoms with Gasteiger partial charge in [0.05, 0.1) is 11.8 Å². The summed E-state index contributed by atoms with van der Waals surface area (Å²) in [5.41, 5.74) is 1.00. The van der Waals surface area contributed by atoms with E-state index in [-0.39, 0.29) is 41.9 Å². The number of hydrogen-bond donors (Lipinski definition) is 2. The average molecular weight is 434 g/mol. The van der Waals surface area contributed by atoms with Crippen LogP contribution in [0.3, 0.4) is 0 Å². The number of Topliss-reactive ketones (excluding diaryl/α,β-unsaturated/α-hetero) is 2. The second-order valence-corrected chi connectivity index (χ2v) is 8.98. The van der Waals surface area contributed by atoms with Crippen molar-refractivity contribution in [1.82, 2.24) is 5.32 Å². The number of amides is 1. The summed E-state index contributed by atoms with van der Waals surface area (Å²) in [6.45, 7) is 3.59. The van der Waals surface area contributed by atoms with Crippen molar-refractivity contribution in [3.8, 4) is 6.07 Å². The molecule has 0 radical (unpaired) electrons. The van der Waals surface area contributed by atoms with Crippen molar-refractivity contribution in [1.29, 1.82) is 10.7 Å². The summed E-state index contributed by atoms with van der Waals surface area (Å²) < 4.78 is 0. The van der Waals surface area contributed by atoms with Gasteiger partial charge in [0.2, 0.25) is 11.6 Å². The van der Waals surface area contributed by atoms with Gasteiger partial charge in [-0.3, -0.25) is 14.4 Å². The van der Waals surface area contributed by atoms with Gasteiger partial charge >= 0.3 is 0 Å². The molecule has 0 heterocycles. The van der Waals surface area contributed by atoms with Crippen LogP contribution in [-0.2, 0) is 16.1 Å². The molecule has 0 saturated heterocycles. The Morgan fingerprint density at radius 3 is 2.41 bits per heavy atom. The first-order chi connectivity index (χ1) is 15.4. The molecule has 2 N–H and O–H groups in total. The molecule has 2 aliphatic rings. The van der Waals surface area contributed by atoms with Crippen LogP contribution in [0.4, 0.5) is 0 Å². The molecule has 2 fully saturated rings. The molecule has 0 spiro atoms. The Kier molecular flexibility index (Phi) is 7.74. The first-order valence-corrected chi connectivity index (χ1v) is 11.5. The van der Waals surface area contributed by atoms with E-state index in [0.717, 1.165) is 25.7 Å². The van der Waals surface area contributed by atoms with Gasteiger partial charge in [0.25, 0.3) is 5.91 Å². The maximum atomic E-state index is 13.3. The molecule has 168 valence electrons. The Bertz CT molecular complexity index is 961. The average Bonchev–Trinajstić information content (AvgIpc) is 3.64. The molecule has 6 nitrogen and oxygen atoms in total. The number of benzene rings is 1. The number of carbonyl (C=O) groups is 3. The lowest BCUT2D eigenvalue weighted by Crippen LogP contribution is -2.34. The van der Waals surface area contributed by atoms with E-state index in [4.69, 9.17) is 10.7 Å². The fraction of sp³-hybridized carbons (Fsp3) is 0.500. The summed E-state index contributed by atoms with van der Waals surface area (Å²) >= 11 is 0. The van der Waals surface area contributed by atoms with Crippen molar-refractivity contribution >= 4 is 23.2 Å². The van der Waals surface area contributed by atoms with E-state index >= 15 is 0 Å². The first kappa shape index (κ1) is 23.6. The zero-order valence-corrected chi connectivity index (χ0v) is 18.5. The molecule has 32 heavy (non-hydrogen) atoms. The molecule has 1 aromatic carbocycles. The first-order valence-electron chi connectivity index (χ1n) is 11.5. The third-order valence-corrected chi connectivity index (χ3v) is 6.92. The molecule has 0 aromatic heterocycles. The Labute approximate surface area is 189 Å². The third kappa shape index (κ3) is 5.21. The summed E-state index contributed by atoms with van der Waals surface area (Å²) in [5.74, 6) is -1.42. The number of ketones is 2. The highest BCUT2D eigenvalue weighted by molar-refractivity contribution is 6.47. The number of hydrogen-bond acceptors (Lipinski definition) is 5. The van der Waals surface area contributed by atoms with Crippen LogP contribution < -0.4 is 5.32 Å². The van der Waals surface area contributed by atoms with Crippen LogP contribution in [0.25, 0.3) is 0 Å². The maximum absolute atomic E-state index is 13.3. The van der Waals surface area contributed by atoms with Crippen LogP contribution in [0.15, 0.2) is 36.4 Å². The van der Waals surface area contributed by atoms with Crippen LogP contribution in [0.2, 0.25) is 0 Å². The van der Waals surface area contributed by atoms with Crippen molar-refractivity contribution < 1.29 is 14.4 Å². The van der Waals surface area contributed by atoms with E-state index in [9.17, 15) is 14.4 Å². The highest BCUT2D eigenvalue weighted by Gasteiger charge is 2.54. The van der Waals surface area contributed by atoms with Crippen LogP contribution >= 0.6 is 0 Å². The van der Waals surface area contributed by atoms with Gasteiger partial charge in [0.1, 0.15) is 0 Å². The van der Waals surface area contributed by atoms with Crippen LogP contribution in [0.1, 0.15) is 80.1 Å². The minimum Gasteiger partial charge on any atom is -0.345 e. The largest absolute Gasteiger partial charge is 0.345 e. The second kappa shape index (κ2) is 10.5. The molecule has 6 heteroatoms. The van der Waals surface area contributed by atoms with E-state index in [1.807, 2.05) is 6.07 Å². The number of nitrogens with zero attached hydrogens (tertiary/aromatic N) is 1. The number of nitriles is 1. The quantitative estimate of drug-likeness (QED) is 0.183. The molecule has 1 aromatic rings. The lowest BCUT2D eigenvalue weighted by Gasteiger charge is -2.26. The monoisotopic (exact) mass is 433 g/mol. The smallest absolute Gasteiger partial charge is 0.292 e. The van der Waals surface area contributed by atoms with Crippen LogP contribution in [0.5, 0.6) is 0 Å². The highest BCUT2D eigenvalue weighted by Crippen LogP contribution is 2.57. The zero-order valence-electron chi connectivity index (χ0n) is 18.5. The predicted molar refractivity (Wildman–Crippen MR) is 122 cm³/mol. The SMILES string of the molecule is C=C(CCC#N)C(=O)C(=O)NCc1ccccc1C(=O)C(=N)C1(C2CCCCCC2)CC1. The number of nitrogens with one attached hydrogen (secondary N) is 2. The van der Waals surface area contributed by atoms with Crippen molar-refractivity contribution in [2.75, 3.05) is 0 Å². The van der Waals surface area contributed by atoms with E-state index in [1.165, 1.54) is 25.7 Å². The molecule has 0 aliphatic heterocycles. The summed E-state index contributed by atoms with van der Waals surface area (Å²) in [5, 5.41) is 20.0. The van der Waals surface area contributed by atoms with E-state index in [1.54, 1.807) is 24.3 Å². The Morgan fingerprint density at radius 2 is 1.78 bits per heavy atom. The van der Waals surface area contributed by atoms with Crippen molar-refractivity contribution in [3.63, 3.8) is 0 Å². The van der Waals surface area contributed by atoms with Gasteiger partial charge < -0.3 is 10.7 Å². The van der Waals surface area contributed by atoms with Gasteiger partial charge in [-0.25, -0.2) is 0 Å². The van der Waals surface area contributed by atoms with Crippen LogP contribution in [-0.4, -0.2) is 23.2 Å². The molecule has 0 bridgehead atoms. The van der Waals surface area contributed by atoms with E-state index in [2.05, 4.69) is 11.9 Å². The fourth-order valence-electron chi connectivity index (χ4n) is 4.82. The normalized spacial score (nSPS) is 17.5. The maximum Gasteiger partial charge on any atom is 0.292 e. The molecule has 0 unspecified atom stereocenters. The van der Waals surface area contributed by atoms with Gasteiger partial charge in [-0.2, -0.15) is 5.26 Å². The minimum absolute atomic E-state index is 0.0156. The number of rotatable bonds is 10. The van der Waals surface area contributed by atoms with Gasteiger partial charge in [0.15, 0.2) is 0 Å². The zero-order chi connectivity index (χ0) is 23.1. The van der Waals surface area contributed by atoms with Gasteiger partial charge in [-0.1, -0.05) is 56.5 Å².